The molecule has 0 amide bonds. The topological polar surface area (TPSA) is 50.3 Å². The standard InChI is InChI=1S/C16H31N5/c1-3-21-16(13-15(2)18-21)14-20-10-6-9-19(11-12-20)8-5-4-7-17/h13H,3-12,14,17H2,1-2H3. The molecule has 120 valence electrons. The van der Waals surface area contributed by atoms with Crippen LogP contribution < -0.4 is 5.73 Å². The molecule has 2 heterocycles. The number of nitrogens with two attached hydrogens (primary N) is 1. The van der Waals surface area contributed by atoms with Gasteiger partial charge in [-0.1, -0.05) is 0 Å². The Balaban J connectivity index is 1.82. The van der Waals surface area contributed by atoms with E-state index in [-0.39, 0.29) is 0 Å². The van der Waals surface area contributed by atoms with Gasteiger partial charge in [0.1, 0.15) is 0 Å². The van der Waals surface area contributed by atoms with E-state index in [1.807, 2.05) is 0 Å². The van der Waals surface area contributed by atoms with E-state index in [4.69, 9.17) is 5.73 Å². The zero-order valence-corrected chi connectivity index (χ0v) is 13.7. The van der Waals surface area contributed by atoms with Crippen molar-refractivity contribution in [1.82, 2.24) is 19.6 Å². The predicted molar refractivity (Wildman–Crippen MR) is 87.3 cm³/mol. The van der Waals surface area contributed by atoms with Crippen LogP contribution in [0.4, 0.5) is 0 Å². The predicted octanol–water partition coefficient (Wildman–Crippen LogP) is 1.46. The first-order valence-corrected chi connectivity index (χ1v) is 8.41. The molecule has 0 radical (unpaired) electrons. The van der Waals surface area contributed by atoms with E-state index in [1.165, 1.54) is 44.7 Å². The Bertz CT molecular complexity index is 415. The third-order valence-electron chi connectivity index (χ3n) is 4.28. The summed E-state index contributed by atoms with van der Waals surface area (Å²) in [6.07, 6.45) is 3.65. The smallest absolute Gasteiger partial charge is 0.0597 e. The highest BCUT2D eigenvalue weighted by molar-refractivity contribution is 5.08. The molecule has 0 aromatic carbocycles. The lowest BCUT2D eigenvalue weighted by atomic mass is 10.3. The van der Waals surface area contributed by atoms with E-state index >= 15 is 0 Å². The van der Waals surface area contributed by atoms with Crippen LogP contribution in [0.25, 0.3) is 0 Å². The summed E-state index contributed by atoms with van der Waals surface area (Å²) < 4.78 is 2.14. The van der Waals surface area contributed by atoms with Gasteiger partial charge in [0.2, 0.25) is 0 Å². The van der Waals surface area contributed by atoms with Crippen molar-refractivity contribution >= 4 is 0 Å². The van der Waals surface area contributed by atoms with Crippen LogP contribution in [-0.2, 0) is 13.1 Å². The summed E-state index contributed by atoms with van der Waals surface area (Å²) in [6.45, 7) is 13.0. The fourth-order valence-corrected chi connectivity index (χ4v) is 3.12. The largest absolute Gasteiger partial charge is 0.330 e. The number of aromatic nitrogens is 2. The van der Waals surface area contributed by atoms with Crippen molar-refractivity contribution in [3.8, 4) is 0 Å². The molecule has 2 rings (SSSR count). The molecule has 0 spiro atoms. The Morgan fingerprint density at radius 1 is 1.14 bits per heavy atom. The van der Waals surface area contributed by atoms with Crippen molar-refractivity contribution in [3.05, 3.63) is 17.5 Å². The first-order chi connectivity index (χ1) is 10.2. The fraction of sp³-hybridized carbons (Fsp3) is 0.812. The van der Waals surface area contributed by atoms with E-state index in [1.54, 1.807) is 0 Å². The molecule has 1 saturated heterocycles. The number of hydrogen-bond donors (Lipinski definition) is 1. The molecule has 2 N–H and O–H groups in total. The molecule has 0 atom stereocenters. The SMILES string of the molecule is CCn1nc(C)cc1CN1CCCN(CCCCN)CC1. The molecule has 1 aliphatic rings. The van der Waals surface area contributed by atoms with Gasteiger partial charge in [-0.15, -0.1) is 0 Å². The summed E-state index contributed by atoms with van der Waals surface area (Å²) >= 11 is 0. The molecule has 1 aliphatic heterocycles. The minimum atomic E-state index is 0.820. The summed E-state index contributed by atoms with van der Waals surface area (Å²) in [5.41, 5.74) is 8.06. The third-order valence-corrected chi connectivity index (χ3v) is 4.28. The summed E-state index contributed by atoms with van der Waals surface area (Å²) in [6, 6.07) is 2.23. The molecule has 0 bridgehead atoms. The first-order valence-electron chi connectivity index (χ1n) is 8.41. The maximum atomic E-state index is 5.58. The van der Waals surface area contributed by atoms with Crippen LogP contribution >= 0.6 is 0 Å². The molecule has 1 fully saturated rings. The number of hydrogen-bond acceptors (Lipinski definition) is 4. The van der Waals surface area contributed by atoms with Crippen LogP contribution in [0.2, 0.25) is 0 Å². The maximum absolute atomic E-state index is 5.58. The molecular weight excluding hydrogens is 262 g/mol. The van der Waals surface area contributed by atoms with E-state index in [9.17, 15) is 0 Å². The van der Waals surface area contributed by atoms with Crippen LogP contribution in [0.1, 0.15) is 37.6 Å². The van der Waals surface area contributed by atoms with Gasteiger partial charge in [0.15, 0.2) is 0 Å². The number of aryl methyl sites for hydroxylation is 2. The minimum absolute atomic E-state index is 0.820. The first kappa shape index (κ1) is 16.5. The Hall–Kier alpha value is -0.910. The van der Waals surface area contributed by atoms with Crippen LogP contribution in [0.15, 0.2) is 6.07 Å². The van der Waals surface area contributed by atoms with Gasteiger partial charge >= 0.3 is 0 Å². The third kappa shape index (κ3) is 5.09. The van der Waals surface area contributed by atoms with Gasteiger partial charge < -0.3 is 10.6 Å². The van der Waals surface area contributed by atoms with Gasteiger partial charge in [-0.05, 0) is 65.4 Å². The van der Waals surface area contributed by atoms with Crippen LogP contribution in [0.5, 0.6) is 0 Å². The van der Waals surface area contributed by atoms with Crippen molar-refractivity contribution in [2.24, 2.45) is 5.73 Å². The molecule has 5 nitrogen and oxygen atoms in total. The maximum Gasteiger partial charge on any atom is 0.0597 e. The van der Waals surface area contributed by atoms with Crippen LogP contribution in [-0.4, -0.2) is 58.8 Å². The van der Waals surface area contributed by atoms with Crippen LogP contribution in [0.3, 0.4) is 0 Å². The van der Waals surface area contributed by atoms with Gasteiger partial charge in [-0.3, -0.25) is 9.58 Å². The zero-order valence-electron chi connectivity index (χ0n) is 13.7. The average molecular weight is 293 g/mol. The Labute approximate surface area is 129 Å². The quantitative estimate of drug-likeness (QED) is 0.773. The lowest BCUT2D eigenvalue weighted by Crippen LogP contribution is -2.31. The van der Waals surface area contributed by atoms with E-state index in [0.29, 0.717) is 0 Å². The normalized spacial score (nSPS) is 18.0. The van der Waals surface area contributed by atoms with Crippen molar-refractivity contribution in [1.29, 1.82) is 0 Å². The Morgan fingerprint density at radius 3 is 2.67 bits per heavy atom. The molecule has 0 unspecified atom stereocenters. The second-order valence-electron chi connectivity index (χ2n) is 6.06. The lowest BCUT2D eigenvalue weighted by Gasteiger charge is -2.22. The molecule has 21 heavy (non-hydrogen) atoms. The van der Waals surface area contributed by atoms with Gasteiger partial charge in [0, 0.05) is 26.2 Å². The highest BCUT2D eigenvalue weighted by atomic mass is 15.3. The number of rotatable bonds is 7. The summed E-state index contributed by atoms with van der Waals surface area (Å²) in [5, 5.41) is 4.55. The van der Waals surface area contributed by atoms with Gasteiger partial charge in [0.05, 0.1) is 11.4 Å². The molecule has 1 aromatic rings. The van der Waals surface area contributed by atoms with E-state index in [0.717, 1.165) is 38.3 Å². The molecule has 0 saturated carbocycles. The van der Waals surface area contributed by atoms with Crippen LogP contribution in [0, 0.1) is 6.92 Å². The minimum Gasteiger partial charge on any atom is -0.330 e. The van der Waals surface area contributed by atoms with Crippen molar-refractivity contribution in [2.45, 2.75) is 46.2 Å². The Kier molecular flexibility index (Phi) is 6.67. The van der Waals surface area contributed by atoms with Crippen molar-refractivity contribution in [2.75, 3.05) is 39.3 Å². The second-order valence-corrected chi connectivity index (χ2v) is 6.06. The Morgan fingerprint density at radius 2 is 1.90 bits per heavy atom. The van der Waals surface area contributed by atoms with Gasteiger partial charge in [-0.25, -0.2) is 0 Å². The highest BCUT2D eigenvalue weighted by Crippen LogP contribution is 2.11. The van der Waals surface area contributed by atoms with E-state index in [2.05, 4.69) is 39.5 Å². The average Bonchev–Trinajstić information content (AvgIpc) is 2.68. The lowest BCUT2D eigenvalue weighted by molar-refractivity contribution is 0.245. The molecular formula is C16H31N5. The van der Waals surface area contributed by atoms with E-state index < -0.39 is 0 Å². The monoisotopic (exact) mass is 293 g/mol. The highest BCUT2D eigenvalue weighted by Gasteiger charge is 2.16. The summed E-state index contributed by atoms with van der Waals surface area (Å²) in [5.74, 6) is 0. The second kappa shape index (κ2) is 8.51. The number of unbranched alkanes of at least 4 members (excludes halogenated alkanes) is 1. The van der Waals surface area contributed by atoms with Crippen molar-refractivity contribution in [3.63, 3.8) is 0 Å². The zero-order chi connectivity index (χ0) is 15.1. The van der Waals surface area contributed by atoms with Crippen molar-refractivity contribution < 1.29 is 0 Å². The molecule has 0 aliphatic carbocycles. The van der Waals surface area contributed by atoms with Gasteiger partial charge in [0.25, 0.3) is 0 Å². The fourth-order valence-electron chi connectivity index (χ4n) is 3.12. The molecule has 1 aromatic heterocycles. The summed E-state index contributed by atoms with van der Waals surface area (Å²) in [7, 11) is 0. The van der Waals surface area contributed by atoms with Gasteiger partial charge in [-0.2, -0.15) is 5.10 Å². The number of nitrogens with zero attached hydrogens (tertiary/aromatic N) is 4. The summed E-state index contributed by atoms with van der Waals surface area (Å²) in [4.78, 5) is 5.17. The molecule has 5 heteroatoms.